The summed E-state index contributed by atoms with van der Waals surface area (Å²) in [5, 5.41) is 0. The van der Waals surface area contributed by atoms with Gasteiger partial charge in [-0.1, -0.05) is 41.4 Å². The van der Waals surface area contributed by atoms with E-state index < -0.39 is 0 Å². The van der Waals surface area contributed by atoms with Crippen LogP contribution in [0.2, 0.25) is 0 Å². The quantitative estimate of drug-likeness (QED) is 0.630. The molecule has 1 rings (SSSR count). The van der Waals surface area contributed by atoms with Crippen LogP contribution in [0.25, 0.3) is 0 Å². The number of nitrogens with one attached hydrogen (secondary N) is 1. The second kappa shape index (κ2) is 5.37. The van der Waals surface area contributed by atoms with Gasteiger partial charge in [0.15, 0.2) is 0 Å². The Hall–Kier alpha value is -0.380. The van der Waals surface area contributed by atoms with Crippen molar-refractivity contribution in [3.63, 3.8) is 0 Å². The fraction of sp³-hybridized carbons (Fsp3) is 0.400. The Labute approximate surface area is 87.6 Å². The lowest BCUT2D eigenvalue weighted by atomic mass is 10.0. The molecule has 0 amide bonds. The van der Waals surface area contributed by atoms with E-state index in [0.717, 1.165) is 17.3 Å². The molecule has 72 valence electrons. The van der Waals surface area contributed by atoms with Gasteiger partial charge in [-0.25, -0.2) is 0 Å². The average molecular weight is 243 g/mol. The molecular weight excluding hydrogens is 228 g/mol. The number of rotatable bonds is 4. The monoisotopic (exact) mass is 242 g/mol. The van der Waals surface area contributed by atoms with Crippen molar-refractivity contribution >= 4 is 15.9 Å². The maximum Gasteiger partial charge on any atom is 0.0459 e. The second-order valence-electron chi connectivity index (χ2n) is 3.06. The first-order valence-electron chi connectivity index (χ1n) is 4.49. The van der Waals surface area contributed by atoms with E-state index in [1.54, 1.807) is 0 Å². The minimum Gasteiger partial charge on any atom is -0.271 e. The fourth-order valence-electron chi connectivity index (χ4n) is 1.33. The molecular formula is C10H15BrN2. The van der Waals surface area contributed by atoms with Crippen LogP contribution in [-0.2, 0) is 0 Å². The molecule has 0 aliphatic carbocycles. The van der Waals surface area contributed by atoms with E-state index >= 15 is 0 Å². The van der Waals surface area contributed by atoms with Crippen LogP contribution < -0.4 is 11.3 Å². The number of hydrazine groups is 1. The van der Waals surface area contributed by atoms with Gasteiger partial charge in [0, 0.05) is 10.5 Å². The first kappa shape index (κ1) is 10.7. The Morgan fingerprint density at radius 2 is 2.00 bits per heavy atom. The predicted molar refractivity (Wildman–Crippen MR) is 59.1 cm³/mol. The van der Waals surface area contributed by atoms with Crippen molar-refractivity contribution < 1.29 is 0 Å². The molecule has 0 heterocycles. The normalized spacial score (nSPS) is 12.8. The van der Waals surface area contributed by atoms with Gasteiger partial charge >= 0.3 is 0 Å². The summed E-state index contributed by atoms with van der Waals surface area (Å²) in [6.07, 6.45) is 2.20. The van der Waals surface area contributed by atoms with Gasteiger partial charge in [-0.3, -0.25) is 11.3 Å². The standard InChI is InChI=1S/C10H15BrN2/c1-2-3-10(13-12)8-4-6-9(11)7-5-8/h4-7,10,13H,2-3,12H2,1H3/t10-/m0/s1. The van der Waals surface area contributed by atoms with Crippen LogP contribution in [-0.4, -0.2) is 0 Å². The van der Waals surface area contributed by atoms with Gasteiger partial charge in [0.25, 0.3) is 0 Å². The lowest BCUT2D eigenvalue weighted by molar-refractivity contribution is 0.510. The molecule has 0 saturated carbocycles. The van der Waals surface area contributed by atoms with E-state index in [1.807, 2.05) is 12.1 Å². The Bertz CT molecular complexity index is 246. The maximum atomic E-state index is 5.47. The molecule has 0 radical (unpaired) electrons. The summed E-state index contributed by atoms with van der Waals surface area (Å²) in [5.74, 6) is 5.47. The molecule has 0 aromatic heterocycles. The summed E-state index contributed by atoms with van der Waals surface area (Å²) < 4.78 is 1.10. The number of halogens is 1. The van der Waals surface area contributed by atoms with Crippen molar-refractivity contribution in [2.75, 3.05) is 0 Å². The van der Waals surface area contributed by atoms with Gasteiger partial charge < -0.3 is 0 Å². The van der Waals surface area contributed by atoms with Crippen molar-refractivity contribution in [1.82, 2.24) is 5.43 Å². The summed E-state index contributed by atoms with van der Waals surface area (Å²) >= 11 is 3.40. The highest BCUT2D eigenvalue weighted by molar-refractivity contribution is 9.10. The third-order valence-electron chi connectivity index (χ3n) is 2.05. The molecule has 0 saturated heterocycles. The number of nitrogens with two attached hydrogens (primary N) is 1. The number of benzene rings is 1. The molecule has 0 aliphatic rings. The van der Waals surface area contributed by atoms with Crippen LogP contribution in [0.5, 0.6) is 0 Å². The van der Waals surface area contributed by atoms with Crippen LogP contribution >= 0.6 is 15.9 Å². The van der Waals surface area contributed by atoms with Crippen molar-refractivity contribution in [3.8, 4) is 0 Å². The smallest absolute Gasteiger partial charge is 0.0459 e. The molecule has 3 N–H and O–H groups in total. The first-order valence-corrected chi connectivity index (χ1v) is 5.28. The van der Waals surface area contributed by atoms with E-state index in [1.165, 1.54) is 5.56 Å². The molecule has 0 fully saturated rings. The maximum absolute atomic E-state index is 5.47. The van der Waals surface area contributed by atoms with Crippen LogP contribution in [0.15, 0.2) is 28.7 Å². The van der Waals surface area contributed by atoms with E-state index in [-0.39, 0.29) is 6.04 Å². The second-order valence-corrected chi connectivity index (χ2v) is 3.98. The minimum absolute atomic E-state index is 0.276. The van der Waals surface area contributed by atoms with Gasteiger partial charge in [-0.05, 0) is 24.1 Å². The molecule has 3 heteroatoms. The van der Waals surface area contributed by atoms with Gasteiger partial charge in [0.1, 0.15) is 0 Å². The zero-order chi connectivity index (χ0) is 9.68. The predicted octanol–water partition coefficient (Wildman–Crippen LogP) is 2.75. The molecule has 13 heavy (non-hydrogen) atoms. The van der Waals surface area contributed by atoms with Gasteiger partial charge in [-0.2, -0.15) is 0 Å². The molecule has 0 bridgehead atoms. The molecule has 1 atom stereocenters. The van der Waals surface area contributed by atoms with Crippen molar-refractivity contribution in [1.29, 1.82) is 0 Å². The lowest BCUT2D eigenvalue weighted by Gasteiger charge is -2.14. The van der Waals surface area contributed by atoms with Crippen LogP contribution in [0.1, 0.15) is 31.4 Å². The summed E-state index contributed by atoms with van der Waals surface area (Å²) in [6, 6.07) is 8.53. The lowest BCUT2D eigenvalue weighted by Crippen LogP contribution is -2.27. The van der Waals surface area contributed by atoms with Crippen LogP contribution in [0.3, 0.4) is 0 Å². The highest BCUT2D eigenvalue weighted by Gasteiger charge is 2.06. The van der Waals surface area contributed by atoms with E-state index in [4.69, 9.17) is 5.84 Å². The van der Waals surface area contributed by atoms with Gasteiger partial charge in [-0.15, -0.1) is 0 Å². The van der Waals surface area contributed by atoms with E-state index in [0.29, 0.717) is 0 Å². The van der Waals surface area contributed by atoms with Crippen molar-refractivity contribution in [2.24, 2.45) is 5.84 Å². The van der Waals surface area contributed by atoms with Crippen LogP contribution in [0.4, 0.5) is 0 Å². The Morgan fingerprint density at radius 3 is 2.46 bits per heavy atom. The number of hydrogen-bond acceptors (Lipinski definition) is 2. The largest absolute Gasteiger partial charge is 0.271 e. The van der Waals surface area contributed by atoms with Crippen molar-refractivity contribution in [2.45, 2.75) is 25.8 Å². The fourth-order valence-corrected chi connectivity index (χ4v) is 1.59. The Kier molecular flexibility index (Phi) is 4.42. The highest BCUT2D eigenvalue weighted by Crippen LogP contribution is 2.19. The summed E-state index contributed by atoms with van der Waals surface area (Å²) in [5.41, 5.74) is 4.07. The van der Waals surface area contributed by atoms with Crippen LogP contribution in [0, 0.1) is 0 Å². The Balaban J connectivity index is 2.73. The summed E-state index contributed by atoms with van der Waals surface area (Å²) in [6.45, 7) is 2.16. The number of hydrogen-bond donors (Lipinski definition) is 2. The van der Waals surface area contributed by atoms with E-state index in [9.17, 15) is 0 Å². The molecule has 0 unspecified atom stereocenters. The van der Waals surface area contributed by atoms with Crippen molar-refractivity contribution in [3.05, 3.63) is 34.3 Å². The third-order valence-corrected chi connectivity index (χ3v) is 2.58. The molecule has 1 aromatic rings. The Morgan fingerprint density at radius 1 is 1.38 bits per heavy atom. The van der Waals surface area contributed by atoms with E-state index in [2.05, 4.69) is 40.4 Å². The SMILES string of the molecule is CCC[C@H](NN)c1ccc(Br)cc1. The molecule has 0 aliphatic heterocycles. The molecule has 0 spiro atoms. The zero-order valence-corrected chi connectivity index (χ0v) is 9.34. The molecule has 2 nitrogen and oxygen atoms in total. The minimum atomic E-state index is 0.276. The summed E-state index contributed by atoms with van der Waals surface area (Å²) in [7, 11) is 0. The zero-order valence-electron chi connectivity index (χ0n) is 7.76. The van der Waals surface area contributed by atoms with Gasteiger partial charge in [0.05, 0.1) is 0 Å². The summed E-state index contributed by atoms with van der Waals surface area (Å²) in [4.78, 5) is 0. The average Bonchev–Trinajstić information content (AvgIpc) is 2.16. The topological polar surface area (TPSA) is 38.0 Å². The first-order chi connectivity index (χ1) is 6.27. The highest BCUT2D eigenvalue weighted by atomic mass is 79.9. The molecule has 1 aromatic carbocycles. The van der Waals surface area contributed by atoms with Gasteiger partial charge in [0.2, 0.25) is 0 Å². The third kappa shape index (κ3) is 3.10.